The molecule has 0 heterocycles. The van der Waals surface area contributed by atoms with Crippen LogP contribution in [-0.2, 0) is 17.9 Å². The molecule has 1 saturated carbocycles. The molecule has 0 aromatic heterocycles. The maximum atomic E-state index is 12.2. The van der Waals surface area contributed by atoms with Gasteiger partial charge in [-0.1, -0.05) is 30.7 Å². The lowest BCUT2D eigenvalue weighted by Crippen LogP contribution is -2.36. The van der Waals surface area contributed by atoms with Crippen molar-refractivity contribution < 1.29 is 9.53 Å². The van der Waals surface area contributed by atoms with E-state index in [9.17, 15) is 4.79 Å². The van der Waals surface area contributed by atoms with Gasteiger partial charge in [-0.15, -0.1) is 0 Å². The topological polar surface area (TPSA) is 74.8 Å². The molecule has 29 heavy (non-hydrogen) atoms. The van der Waals surface area contributed by atoms with Crippen molar-refractivity contribution in [3.63, 3.8) is 0 Å². The quantitative estimate of drug-likeness (QED) is 0.472. The van der Waals surface area contributed by atoms with Crippen molar-refractivity contribution >= 4 is 17.6 Å². The number of amides is 1. The maximum absolute atomic E-state index is 12.2. The summed E-state index contributed by atoms with van der Waals surface area (Å²) in [6, 6.07) is 15.9. The summed E-state index contributed by atoms with van der Waals surface area (Å²) < 4.78 is 5.19. The molecule has 6 heteroatoms. The summed E-state index contributed by atoms with van der Waals surface area (Å²) in [5.41, 5.74) is 3.04. The number of hydrogen-bond donors (Lipinski definition) is 3. The second-order valence-electron chi connectivity index (χ2n) is 7.21. The highest BCUT2D eigenvalue weighted by atomic mass is 16.5. The molecule has 1 aliphatic rings. The third-order valence-corrected chi connectivity index (χ3v) is 5.05. The number of nitrogens with one attached hydrogen (secondary N) is 3. The number of aliphatic imine (C=N–C) groups is 1. The number of hydrogen-bond acceptors (Lipinski definition) is 3. The molecular weight excluding hydrogens is 364 g/mol. The number of ether oxygens (including phenoxy) is 1. The normalized spacial score (nSPS) is 14.1. The molecule has 154 valence electrons. The number of anilines is 1. The summed E-state index contributed by atoms with van der Waals surface area (Å²) in [6.07, 6.45) is 3.16. The lowest BCUT2D eigenvalue weighted by Gasteiger charge is -2.24. The summed E-state index contributed by atoms with van der Waals surface area (Å²) in [4.78, 5) is 16.8. The van der Waals surface area contributed by atoms with Crippen molar-refractivity contribution in [1.82, 2.24) is 10.6 Å². The molecule has 3 N–H and O–H groups in total. The van der Waals surface area contributed by atoms with Gasteiger partial charge >= 0.3 is 0 Å². The summed E-state index contributed by atoms with van der Waals surface area (Å²) in [7, 11) is 1.66. The van der Waals surface area contributed by atoms with Gasteiger partial charge in [0, 0.05) is 24.7 Å². The first-order chi connectivity index (χ1) is 14.2. The van der Waals surface area contributed by atoms with Gasteiger partial charge in [-0.3, -0.25) is 4.79 Å². The lowest BCUT2D eigenvalue weighted by atomic mass is 9.85. The average molecular weight is 395 g/mol. The van der Waals surface area contributed by atoms with Gasteiger partial charge < -0.3 is 20.7 Å². The largest absolute Gasteiger partial charge is 0.497 e. The number of nitrogens with zero attached hydrogens (tertiary/aromatic N) is 1. The lowest BCUT2D eigenvalue weighted by molar-refractivity contribution is -0.122. The van der Waals surface area contributed by atoms with Crippen LogP contribution in [0.1, 0.15) is 37.3 Å². The van der Waals surface area contributed by atoms with Crippen molar-refractivity contribution in [2.45, 2.75) is 39.3 Å². The monoisotopic (exact) mass is 394 g/mol. The average Bonchev–Trinajstić information content (AvgIpc) is 2.69. The number of rotatable bonds is 8. The molecule has 0 radical (unpaired) electrons. The van der Waals surface area contributed by atoms with Crippen molar-refractivity contribution in [3.8, 4) is 5.75 Å². The third kappa shape index (κ3) is 6.24. The van der Waals surface area contributed by atoms with Gasteiger partial charge in [-0.25, -0.2) is 4.99 Å². The van der Waals surface area contributed by atoms with Gasteiger partial charge in [0.1, 0.15) is 5.75 Å². The van der Waals surface area contributed by atoms with Crippen molar-refractivity contribution in [2.75, 3.05) is 19.0 Å². The van der Waals surface area contributed by atoms with E-state index in [2.05, 4.69) is 20.9 Å². The van der Waals surface area contributed by atoms with E-state index in [1.807, 2.05) is 55.5 Å². The predicted octanol–water partition coefficient (Wildman–Crippen LogP) is 3.69. The Kier molecular flexibility index (Phi) is 7.50. The molecule has 3 rings (SSSR count). The molecule has 0 aliphatic heterocycles. The fraction of sp³-hybridized carbons (Fsp3) is 0.391. The Morgan fingerprint density at radius 1 is 1.10 bits per heavy atom. The molecule has 0 saturated heterocycles. The minimum atomic E-state index is 0.131. The van der Waals surface area contributed by atoms with Crippen molar-refractivity contribution in [2.24, 2.45) is 10.9 Å². The van der Waals surface area contributed by atoms with Crippen molar-refractivity contribution in [1.29, 1.82) is 0 Å². The van der Waals surface area contributed by atoms with E-state index in [0.29, 0.717) is 13.1 Å². The SMILES string of the molecule is CCNC(=NCc1cccc(NC(=O)C2CCC2)c1)NCc1ccc(OC)cc1. The molecule has 0 bridgehead atoms. The zero-order valence-corrected chi connectivity index (χ0v) is 17.2. The Balaban J connectivity index is 1.57. The van der Waals surface area contributed by atoms with Gasteiger partial charge in [-0.2, -0.15) is 0 Å². The summed E-state index contributed by atoms with van der Waals surface area (Å²) in [6.45, 7) is 4.03. The summed E-state index contributed by atoms with van der Waals surface area (Å²) in [5.74, 6) is 1.91. The molecule has 0 atom stereocenters. The Morgan fingerprint density at radius 2 is 1.90 bits per heavy atom. The summed E-state index contributed by atoms with van der Waals surface area (Å²) >= 11 is 0. The van der Waals surface area contributed by atoms with E-state index in [1.165, 1.54) is 0 Å². The van der Waals surface area contributed by atoms with Gasteiger partial charge in [0.2, 0.25) is 5.91 Å². The number of guanidine groups is 1. The Bertz CT molecular complexity index is 829. The van der Waals surface area contributed by atoms with E-state index in [-0.39, 0.29) is 11.8 Å². The van der Waals surface area contributed by atoms with Gasteiger partial charge in [0.05, 0.1) is 13.7 Å². The number of methoxy groups -OCH3 is 1. The molecule has 1 amide bonds. The molecule has 6 nitrogen and oxygen atoms in total. The molecule has 2 aromatic rings. The van der Waals surface area contributed by atoms with E-state index >= 15 is 0 Å². The number of carbonyl (C=O) groups excluding carboxylic acids is 1. The summed E-state index contributed by atoms with van der Waals surface area (Å²) in [5, 5.41) is 9.64. The van der Waals surface area contributed by atoms with Crippen LogP contribution in [-0.4, -0.2) is 25.5 Å². The van der Waals surface area contributed by atoms with E-state index in [1.54, 1.807) is 7.11 Å². The van der Waals surface area contributed by atoms with E-state index < -0.39 is 0 Å². The Hall–Kier alpha value is -3.02. The molecule has 1 aliphatic carbocycles. The number of benzene rings is 2. The highest BCUT2D eigenvalue weighted by molar-refractivity contribution is 5.93. The first-order valence-corrected chi connectivity index (χ1v) is 10.2. The van der Waals surface area contributed by atoms with Gasteiger partial charge in [0.15, 0.2) is 5.96 Å². The zero-order valence-electron chi connectivity index (χ0n) is 17.2. The van der Waals surface area contributed by atoms with E-state index in [0.717, 1.165) is 54.3 Å². The minimum Gasteiger partial charge on any atom is -0.497 e. The molecule has 2 aromatic carbocycles. The van der Waals surface area contributed by atoms with Crippen LogP contribution in [0.25, 0.3) is 0 Å². The zero-order chi connectivity index (χ0) is 20.5. The van der Waals surface area contributed by atoms with Crippen LogP contribution in [0.3, 0.4) is 0 Å². The van der Waals surface area contributed by atoms with Crippen molar-refractivity contribution in [3.05, 3.63) is 59.7 Å². The molecule has 1 fully saturated rings. The van der Waals surface area contributed by atoms with Gasteiger partial charge in [0.25, 0.3) is 0 Å². The molecular formula is C23H30N4O2. The van der Waals surface area contributed by atoms with Crippen LogP contribution < -0.4 is 20.7 Å². The van der Waals surface area contributed by atoms with E-state index in [4.69, 9.17) is 4.74 Å². The fourth-order valence-electron chi connectivity index (χ4n) is 3.10. The Morgan fingerprint density at radius 3 is 2.55 bits per heavy atom. The van der Waals surface area contributed by atoms with Crippen LogP contribution in [0, 0.1) is 5.92 Å². The predicted molar refractivity (Wildman–Crippen MR) is 117 cm³/mol. The first kappa shape index (κ1) is 20.7. The number of carbonyl (C=O) groups is 1. The smallest absolute Gasteiger partial charge is 0.227 e. The highest BCUT2D eigenvalue weighted by Gasteiger charge is 2.25. The van der Waals surface area contributed by atoms with Crippen LogP contribution in [0.5, 0.6) is 5.75 Å². The molecule has 0 spiro atoms. The first-order valence-electron chi connectivity index (χ1n) is 10.2. The van der Waals surface area contributed by atoms with Crippen LogP contribution in [0.4, 0.5) is 5.69 Å². The second-order valence-corrected chi connectivity index (χ2v) is 7.21. The highest BCUT2D eigenvalue weighted by Crippen LogP contribution is 2.27. The minimum absolute atomic E-state index is 0.131. The van der Waals surface area contributed by atoms with Crippen LogP contribution in [0.15, 0.2) is 53.5 Å². The second kappa shape index (κ2) is 10.5. The standard InChI is InChI=1S/C23H30N4O2/c1-3-24-23(25-15-17-10-12-21(29-2)13-11-17)26-16-18-6-4-9-20(14-18)27-22(28)19-7-5-8-19/h4,6,9-14,19H,3,5,7-8,15-16H2,1-2H3,(H,27,28)(H2,24,25,26). The van der Waals surface area contributed by atoms with Crippen LogP contribution >= 0.6 is 0 Å². The fourth-order valence-corrected chi connectivity index (χ4v) is 3.10. The van der Waals surface area contributed by atoms with Gasteiger partial charge in [-0.05, 0) is 55.2 Å². The third-order valence-electron chi connectivity index (χ3n) is 5.05. The molecule has 0 unspecified atom stereocenters. The van der Waals surface area contributed by atoms with Crippen LogP contribution in [0.2, 0.25) is 0 Å². The maximum Gasteiger partial charge on any atom is 0.227 e. The Labute approximate surface area is 172 Å².